The van der Waals surface area contributed by atoms with Crippen LogP contribution in [0.15, 0.2) is 59.6 Å². The van der Waals surface area contributed by atoms with Crippen LogP contribution < -0.4 is 5.32 Å². The molecule has 0 radical (unpaired) electrons. The Kier molecular flexibility index (Phi) is 6.52. The second kappa shape index (κ2) is 8.90. The van der Waals surface area contributed by atoms with E-state index in [2.05, 4.69) is 10.3 Å². The summed E-state index contributed by atoms with van der Waals surface area (Å²) in [6.07, 6.45) is 1.81. The van der Waals surface area contributed by atoms with Gasteiger partial charge in [-0.25, -0.2) is 8.42 Å². The number of para-hydroxylation sites is 1. The molecule has 8 heteroatoms. The summed E-state index contributed by atoms with van der Waals surface area (Å²) in [7, 11) is -3.74. The first-order valence-corrected chi connectivity index (χ1v) is 11.1. The molecule has 0 unspecified atom stereocenters. The number of hydrogen-bond donors (Lipinski definition) is 1. The Balaban J connectivity index is 1.84. The van der Waals surface area contributed by atoms with Crippen LogP contribution in [0.3, 0.4) is 0 Å². The minimum atomic E-state index is -3.74. The number of nitrogens with one attached hydrogen (secondary N) is 1. The predicted octanol–water partition coefficient (Wildman–Crippen LogP) is 4.10. The zero-order valence-corrected chi connectivity index (χ0v) is 17.8. The summed E-state index contributed by atoms with van der Waals surface area (Å²) in [4.78, 5) is 16.9. The molecular weight excluding hydrogens is 410 g/mol. The number of fused-ring (bicyclic) bond motifs is 1. The first-order chi connectivity index (χ1) is 13.9. The summed E-state index contributed by atoms with van der Waals surface area (Å²) in [6.45, 7) is 4.19. The fourth-order valence-corrected chi connectivity index (χ4v) is 5.13. The van der Waals surface area contributed by atoms with E-state index in [9.17, 15) is 13.2 Å². The highest BCUT2D eigenvalue weighted by atomic mass is 35.5. The average Bonchev–Trinajstić information content (AvgIpc) is 2.70. The van der Waals surface area contributed by atoms with Gasteiger partial charge in [0.05, 0.1) is 17.0 Å². The van der Waals surface area contributed by atoms with Crippen LogP contribution in [0.2, 0.25) is 5.02 Å². The van der Waals surface area contributed by atoms with Gasteiger partial charge in [-0.05, 0) is 29.8 Å². The summed E-state index contributed by atoms with van der Waals surface area (Å²) in [5.41, 5.74) is 1.94. The van der Waals surface area contributed by atoms with Gasteiger partial charge in [0.15, 0.2) is 0 Å². The molecule has 1 heterocycles. The lowest BCUT2D eigenvalue weighted by Gasteiger charge is -2.19. The number of halogens is 1. The molecule has 1 N–H and O–H groups in total. The molecule has 0 aliphatic rings. The predicted molar refractivity (Wildman–Crippen MR) is 116 cm³/mol. The van der Waals surface area contributed by atoms with Crippen molar-refractivity contribution >= 4 is 44.1 Å². The number of sulfonamides is 1. The van der Waals surface area contributed by atoms with Crippen molar-refractivity contribution in [3.63, 3.8) is 0 Å². The molecule has 6 nitrogen and oxygen atoms in total. The molecule has 0 aliphatic carbocycles. The van der Waals surface area contributed by atoms with Crippen molar-refractivity contribution in [2.24, 2.45) is 0 Å². The second-order valence-corrected chi connectivity index (χ2v) is 8.77. The molecule has 0 spiro atoms. The molecule has 152 valence electrons. The van der Waals surface area contributed by atoms with Crippen molar-refractivity contribution in [1.82, 2.24) is 9.29 Å². The standard InChI is InChI=1S/C21H22ClN3O3S/c1-3-25(4-2)29(27,28)19-14-17(10-11-18(19)22)24-20(26)13-16-8-5-7-15-9-6-12-23-21(15)16/h5-12,14H,3-4,13H2,1-2H3,(H,24,26). The van der Waals surface area contributed by atoms with Crippen molar-refractivity contribution in [2.45, 2.75) is 25.2 Å². The van der Waals surface area contributed by atoms with Crippen LogP contribution in [0.4, 0.5) is 5.69 Å². The zero-order valence-electron chi connectivity index (χ0n) is 16.2. The van der Waals surface area contributed by atoms with E-state index in [-0.39, 0.29) is 22.2 Å². The average molecular weight is 432 g/mol. The third-order valence-corrected chi connectivity index (χ3v) is 7.14. The van der Waals surface area contributed by atoms with Crippen LogP contribution in [0, 0.1) is 0 Å². The van der Waals surface area contributed by atoms with E-state index in [1.807, 2.05) is 30.3 Å². The molecule has 3 aromatic rings. The number of benzene rings is 2. The number of amides is 1. The van der Waals surface area contributed by atoms with E-state index in [1.165, 1.54) is 16.4 Å². The molecule has 0 aliphatic heterocycles. The summed E-state index contributed by atoms with van der Waals surface area (Å²) in [6, 6.07) is 13.9. The van der Waals surface area contributed by atoms with Crippen molar-refractivity contribution in [3.05, 3.63) is 65.3 Å². The maximum absolute atomic E-state index is 12.8. The number of pyridine rings is 1. The van der Waals surface area contributed by atoms with E-state index in [1.54, 1.807) is 26.1 Å². The van der Waals surface area contributed by atoms with Gasteiger partial charge in [0, 0.05) is 30.4 Å². The lowest BCUT2D eigenvalue weighted by Crippen LogP contribution is -2.31. The highest BCUT2D eigenvalue weighted by Gasteiger charge is 2.25. The summed E-state index contributed by atoms with van der Waals surface area (Å²) < 4.78 is 26.9. The van der Waals surface area contributed by atoms with E-state index in [0.29, 0.717) is 18.8 Å². The Morgan fingerprint density at radius 2 is 1.83 bits per heavy atom. The number of rotatable bonds is 7. The number of carbonyl (C=O) groups is 1. The van der Waals surface area contributed by atoms with E-state index < -0.39 is 10.0 Å². The Bertz CT molecular complexity index is 1140. The maximum Gasteiger partial charge on any atom is 0.244 e. The van der Waals surface area contributed by atoms with Gasteiger partial charge in [0.25, 0.3) is 0 Å². The van der Waals surface area contributed by atoms with Gasteiger partial charge >= 0.3 is 0 Å². The molecule has 29 heavy (non-hydrogen) atoms. The monoisotopic (exact) mass is 431 g/mol. The molecule has 2 aromatic carbocycles. The second-order valence-electron chi connectivity index (χ2n) is 6.45. The molecule has 0 saturated carbocycles. The van der Waals surface area contributed by atoms with Crippen LogP contribution in [-0.2, 0) is 21.2 Å². The number of nitrogens with zero attached hydrogens (tertiary/aromatic N) is 2. The highest BCUT2D eigenvalue weighted by molar-refractivity contribution is 7.89. The Morgan fingerprint density at radius 3 is 2.55 bits per heavy atom. The molecular formula is C21H22ClN3O3S. The van der Waals surface area contributed by atoms with Crippen molar-refractivity contribution < 1.29 is 13.2 Å². The van der Waals surface area contributed by atoms with Gasteiger partial charge in [-0.1, -0.05) is 49.7 Å². The van der Waals surface area contributed by atoms with Gasteiger partial charge in [-0.3, -0.25) is 9.78 Å². The molecule has 0 fully saturated rings. The Morgan fingerprint density at radius 1 is 1.10 bits per heavy atom. The fraction of sp³-hybridized carbons (Fsp3) is 0.238. The first-order valence-electron chi connectivity index (χ1n) is 9.29. The van der Waals surface area contributed by atoms with Gasteiger partial charge in [-0.15, -0.1) is 0 Å². The van der Waals surface area contributed by atoms with E-state index in [0.717, 1.165) is 16.5 Å². The minimum Gasteiger partial charge on any atom is -0.326 e. The van der Waals surface area contributed by atoms with Crippen molar-refractivity contribution in [3.8, 4) is 0 Å². The molecule has 1 aromatic heterocycles. The number of carbonyl (C=O) groups excluding carboxylic acids is 1. The van der Waals surface area contributed by atoms with Crippen molar-refractivity contribution in [2.75, 3.05) is 18.4 Å². The summed E-state index contributed by atoms with van der Waals surface area (Å²) in [5.74, 6) is -0.267. The highest BCUT2D eigenvalue weighted by Crippen LogP contribution is 2.28. The molecule has 0 bridgehead atoms. The minimum absolute atomic E-state index is 0.0208. The molecule has 3 rings (SSSR count). The van der Waals surface area contributed by atoms with E-state index >= 15 is 0 Å². The maximum atomic E-state index is 12.8. The van der Waals surface area contributed by atoms with Crippen LogP contribution in [0.5, 0.6) is 0 Å². The first kappa shape index (κ1) is 21.2. The largest absolute Gasteiger partial charge is 0.326 e. The van der Waals surface area contributed by atoms with Gasteiger partial charge < -0.3 is 5.32 Å². The number of hydrogen-bond acceptors (Lipinski definition) is 4. The van der Waals surface area contributed by atoms with Crippen molar-refractivity contribution in [1.29, 1.82) is 0 Å². The van der Waals surface area contributed by atoms with Crippen LogP contribution in [0.25, 0.3) is 10.9 Å². The van der Waals surface area contributed by atoms with E-state index in [4.69, 9.17) is 11.6 Å². The third kappa shape index (κ3) is 4.58. The summed E-state index contributed by atoms with van der Waals surface area (Å²) >= 11 is 6.14. The Labute approximate surface area is 175 Å². The normalized spacial score (nSPS) is 11.7. The van der Waals surface area contributed by atoms with Crippen LogP contribution in [-0.4, -0.2) is 36.7 Å². The van der Waals surface area contributed by atoms with Gasteiger partial charge in [-0.2, -0.15) is 4.31 Å². The quantitative estimate of drug-likeness (QED) is 0.610. The van der Waals surface area contributed by atoms with Crippen LogP contribution in [0.1, 0.15) is 19.4 Å². The molecule has 0 saturated heterocycles. The lowest BCUT2D eigenvalue weighted by atomic mass is 10.1. The van der Waals surface area contributed by atoms with Gasteiger partial charge in [0.1, 0.15) is 4.90 Å². The van der Waals surface area contributed by atoms with Gasteiger partial charge in [0.2, 0.25) is 15.9 Å². The fourth-order valence-electron chi connectivity index (χ4n) is 3.17. The lowest BCUT2D eigenvalue weighted by molar-refractivity contribution is -0.115. The van der Waals surface area contributed by atoms with Crippen LogP contribution >= 0.6 is 11.6 Å². The Hall–Kier alpha value is -2.48. The SMILES string of the molecule is CCN(CC)S(=O)(=O)c1cc(NC(=O)Cc2cccc3cccnc23)ccc1Cl. The molecule has 0 atom stereocenters. The number of anilines is 1. The number of aromatic nitrogens is 1. The zero-order chi connectivity index (χ0) is 21.0. The third-order valence-electron chi connectivity index (χ3n) is 4.61. The molecule has 1 amide bonds. The topological polar surface area (TPSA) is 79.4 Å². The summed E-state index contributed by atoms with van der Waals surface area (Å²) in [5, 5.41) is 3.84. The smallest absolute Gasteiger partial charge is 0.244 e.